The van der Waals surface area contributed by atoms with Crippen molar-refractivity contribution in [2.75, 3.05) is 7.11 Å². The van der Waals surface area contributed by atoms with Crippen LogP contribution in [0.4, 0.5) is 0 Å². The van der Waals surface area contributed by atoms with Gasteiger partial charge in [-0.3, -0.25) is 14.6 Å². The maximum Gasteiger partial charge on any atom is 0.347 e. The highest BCUT2D eigenvalue weighted by Crippen LogP contribution is 2.44. The lowest BCUT2D eigenvalue weighted by Crippen LogP contribution is -2.38. The van der Waals surface area contributed by atoms with E-state index in [2.05, 4.69) is 43.4 Å². The Kier molecular flexibility index (Phi) is 7.07. The molecule has 4 atom stereocenters. The van der Waals surface area contributed by atoms with Crippen molar-refractivity contribution < 1.29 is 23.9 Å². The van der Waals surface area contributed by atoms with Gasteiger partial charge < -0.3 is 19.4 Å². The van der Waals surface area contributed by atoms with E-state index in [1.807, 2.05) is 32.1 Å². The molecule has 9 nitrogen and oxygen atoms in total. The highest BCUT2D eigenvalue weighted by atomic mass is 16.6. The van der Waals surface area contributed by atoms with Gasteiger partial charge in [-0.05, 0) is 80.0 Å². The van der Waals surface area contributed by atoms with Gasteiger partial charge in [-0.15, -0.1) is 0 Å². The normalized spacial score (nSPS) is 26.9. The molecule has 8 bridgehead atoms. The van der Waals surface area contributed by atoms with Crippen molar-refractivity contribution in [3.8, 4) is 0 Å². The molecule has 0 fully saturated rings. The number of carbonyl (C=O) groups is 3. The Morgan fingerprint density at radius 2 is 1.88 bits per heavy atom. The summed E-state index contributed by atoms with van der Waals surface area (Å²) in [6.07, 6.45) is 9.30. The molecule has 0 saturated carbocycles. The molecule has 0 aliphatic carbocycles. The summed E-state index contributed by atoms with van der Waals surface area (Å²) in [5.74, 6) is -2.74. The quantitative estimate of drug-likeness (QED) is 0.405. The zero-order valence-electron chi connectivity index (χ0n) is 25.4. The standard InChI is InChI=1S/C34H36N4O5/c1-8-19-15(3)22-12-24-17(5)21(10-11-28(39)42-7)31(37-24)30-32-29(33(40)43-34(30)41)18(6)25(38-32)14-27-20(9-2)16(4)23(36-27)13-26(19)35-22/h8,12-14,17,21,30-31,35,38H,1,9-11H2,2-7H3/b22-12+,26-13-,27-14-/t17-,21-,30?,31?/m0/s1. The number of aromatic amines is 2. The third kappa shape index (κ3) is 4.49. The molecule has 0 amide bonds. The average molecular weight is 581 g/mol. The molecule has 6 heterocycles. The molecular formula is C34H36N4O5. The molecule has 2 N–H and O–H groups in total. The van der Waals surface area contributed by atoms with Gasteiger partial charge in [0.25, 0.3) is 0 Å². The first kappa shape index (κ1) is 28.6. The number of allylic oxidation sites excluding steroid dienone is 2. The van der Waals surface area contributed by atoms with Gasteiger partial charge in [-0.2, -0.15) is 0 Å². The number of hydrogen-bond acceptors (Lipinski definition) is 7. The number of nitrogens with zero attached hydrogens (tertiary/aromatic N) is 2. The minimum atomic E-state index is -0.842. The first-order chi connectivity index (χ1) is 20.6. The number of cyclic esters (lactones) is 2. The van der Waals surface area contributed by atoms with Crippen molar-refractivity contribution in [3.05, 3.63) is 67.8 Å². The SMILES string of the molecule is C=Cc1c(C)/c2[nH]/c1=C\C1=NC(=C\c3[nH]c4c(c3C)C(=O)OC(=O)C4C3N=C(/C=2)[C@@H](C)[C@@H]3CCC(=O)OC)/C(CC)=C1C. The summed E-state index contributed by atoms with van der Waals surface area (Å²) in [5.41, 5.74) is 8.91. The summed E-state index contributed by atoms with van der Waals surface area (Å²) >= 11 is 0. The van der Waals surface area contributed by atoms with Crippen molar-refractivity contribution in [1.29, 1.82) is 0 Å². The lowest BCUT2D eigenvalue weighted by Gasteiger charge is -2.29. The van der Waals surface area contributed by atoms with Crippen LogP contribution in [-0.2, 0) is 19.1 Å². The summed E-state index contributed by atoms with van der Waals surface area (Å²) in [7, 11) is 1.37. The minimum absolute atomic E-state index is 0.0862. The van der Waals surface area contributed by atoms with Crippen LogP contribution >= 0.6 is 0 Å². The van der Waals surface area contributed by atoms with E-state index in [4.69, 9.17) is 19.5 Å². The zero-order valence-corrected chi connectivity index (χ0v) is 25.4. The fraction of sp³-hybridized carbons (Fsp3) is 0.382. The number of fused-ring (bicyclic) bond motifs is 6. The molecule has 222 valence electrons. The molecule has 0 radical (unpaired) electrons. The van der Waals surface area contributed by atoms with Gasteiger partial charge in [0.05, 0.1) is 30.1 Å². The smallest absolute Gasteiger partial charge is 0.347 e. The van der Waals surface area contributed by atoms with Crippen LogP contribution in [0.3, 0.4) is 0 Å². The van der Waals surface area contributed by atoms with E-state index < -0.39 is 23.9 Å². The van der Waals surface area contributed by atoms with E-state index in [1.165, 1.54) is 7.11 Å². The Bertz CT molecular complexity index is 1860. The van der Waals surface area contributed by atoms with Gasteiger partial charge in [0.1, 0.15) is 5.92 Å². The fourth-order valence-corrected chi connectivity index (χ4v) is 7.04. The predicted molar refractivity (Wildman–Crippen MR) is 166 cm³/mol. The average Bonchev–Trinajstić information content (AvgIpc) is 3.65. The molecule has 4 aliphatic rings. The van der Waals surface area contributed by atoms with Crippen LogP contribution < -0.4 is 10.7 Å². The fourth-order valence-electron chi connectivity index (χ4n) is 7.04. The van der Waals surface area contributed by atoms with Crippen molar-refractivity contribution in [3.63, 3.8) is 0 Å². The van der Waals surface area contributed by atoms with Crippen LogP contribution in [0.1, 0.15) is 84.4 Å². The van der Waals surface area contributed by atoms with Crippen LogP contribution in [-0.4, -0.2) is 52.5 Å². The number of aromatic nitrogens is 2. The largest absolute Gasteiger partial charge is 0.469 e. The number of ether oxygens (including phenoxy) is 2. The van der Waals surface area contributed by atoms with E-state index in [-0.39, 0.29) is 24.2 Å². The van der Waals surface area contributed by atoms with Crippen molar-refractivity contribution >= 4 is 53.6 Å². The van der Waals surface area contributed by atoms with E-state index in [1.54, 1.807) is 0 Å². The third-order valence-electron chi connectivity index (χ3n) is 9.54. The van der Waals surface area contributed by atoms with E-state index in [0.717, 1.165) is 56.5 Å². The molecule has 0 aromatic carbocycles. The summed E-state index contributed by atoms with van der Waals surface area (Å²) in [4.78, 5) is 55.9. The van der Waals surface area contributed by atoms with Gasteiger partial charge in [0.2, 0.25) is 0 Å². The van der Waals surface area contributed by atoms with E-state index in [0.29, 0.717) is 28.9 Å². The van der Waals surface area contributed by atoms with Crippen molar-refractivity contribution in [2.24, 2.45) is 21.8 Å². The van der Waals surface area contributed by atoms with Crippen molar-refractivity contribution in [2.45, 2.75) is 65.8 Å². The zero-order chi connectivity index (χ0) is 30.7. The third-order valence-corrected chi connectivity index (χ3v) is 9.54. The van der Waals surface area contributed by atoms with E-state index >= 15 is 0 Å². The highest BCUT2D eigenvalue weighted by molar-refractivity contribution is 6.23. The maximum atomic E-state index is 13.5. The number of aliphatic imine (C=N–C) groups is 2. The first-order valence-corrected chi connectivity index (χ1v) is 14.8. The number of nitrogens with one attached hydrogen (secondary N) is 2. The molecule has 2 unspecified atom stereocenters. The van der Waals surface area contributed by atoms with Crippen molar-refractivity contribution in [1.82, 2.24) is 9.97 Å². The number of carbonyl (C=O) groups excluding carboxylic acids is 3. The second kappa shape index (κ2) is 10.6. The highest BCUT2D eigenvalue weighted by Gasteiger charge is 2.49. The Balaban J connectivity index is 1.65. The minimum Gasteiger partial charge on any atom is -0.469 e. The second-order valence-corrected chi connectivity index (χ2v) is 11.7. The Hall–Kier alpha value is -4.53. The molecule has 6 rings (SSSR count). The van der Waals surface area contributed by atoms with Gasteiger partial charge in [0, 0.05) is 45.7 Å². The lowest BCUT2D eigenvalue weighted by molar-refractivity contribution is -0.141. The Morgan fingerprint density at radius 1 is 1.12 bits per heavy atom. The number of hydrogen-bond donors (Lipinski definition) is 2. The number of rotatable bonds is 5. The van der Waals surface area contributed by atoms with E-state index in [9.17, 15) is 14.4 Å². The maximum absolute atomic E-state index is 13.5. The number of esters is 3. The summed E-state index contributed by atoms with van der Waals surface area (Å²) < 4.78 is 10.3. The topological polar surface area (TPSA) is 126 Å². The Labute approximate surface area is 249 Å². The van der Waals surface area contributed by atoms with Gasteiger partial charge in [-0.25, -0.2) is 9.79 Å². The van der Waals surface area contributed by atoms with Crippen LogP contribution in [0.2, 0.25) is 0 Å². The van der Waals surface area contributed by atoms with Crippen LogP contribution in [0.25, 0.3) is 24.3 Å². The molecule has 2 aromatic heterocycles. The number of methoxy groups -OCH3 is 1. The van der Waals surface area contributed by atoms with Crippen LogP contribution in [0.5, 0.6) is 0 Å². The summed E-state index contributed by atoms with van der Waals surface area (Å²) in [5, 5.41) is 1.79. The number of H-pyrrole nitrogens is 2. The monoisotopic (exact) mass is 580 g/mol. The Morgan fingerprint density at radius 3 is 2.58 bits per heavy atom. The molecule has 4 aliphatic heterocycles. The van der Waals surface area contributed by atoms with Gasteiger partial charge >= 0.3 is 17.9 Å². The summed E-state index contributed by atoms with van der Waals surface area (Å²) in [6, 6.07) is -0.554. The van der Waals surface area contributed by atoms with Crippen LogP contribution in [0.15, 0.2) is 33.4 Å². The van der Waals surface area contributed by atoms with Gasteiger partial charge in [-0.1, -0.05) is 26.5 Å². The molecule has 0 saturated heterocycles. The molecular weight excluding hydrogens is 544 g/mol. The summed E-state index contributed by atoms with van der Waals surface area (Å²) in [6.45, 7) is 14.2. The predicted octanol–water partition coefficient (Wildman–Crippen LogP) is 4.21. The van der Waals surface area contributed by atoms with Crippen LogP contribution in [0, 0.1) is 25.7 Å². The molecule has 9 heteroatoms. The first-order valence-electron chi connectivity index (χ1n) is 14.8. The lowest BCUT2D eigenvalue weighted by atomic mass is 9.77. The molecule has 2 aromatic rings. The second-order valence-electron chi connectivity index (χ2n) is 11.7. The molecule has 43 heavy (non-hydrogen) atoms. The van der Waals surface area contributed by atoms with Gasteiger partial charge in [0.15, 0.2) is 0 Å². The molecule has 0 spiro atoms.